The van der Waals surface area contributed by atoms with Gasteiger partial charge in [0.25, 0.3) is 0 Å². The first kappa shape index (κ1) is 34.6. The van der Waals surface area contributed by atoms with Crippen LogP contribution in [-0.4, -0.2) is 34.9 Å². The molecule has 0 radical (unpaired) electrons. The molecule has 0 fully saturated rings. The predicted octanol–water partition coefficient (Wildman–Crippen LogP) is 8.33. The highest BCUT2D eigenvalue weighted by Gasteiger charge is 2.17. The normalized spacial score (nSPS) is 13.8. The molecule has 2 unspecified atom stereocenters. The molecule has 4 heteroatoms. The molecule has 0 aliphatic carbocycles. The summed E-state index contributed by atoms with van der Waals surface area (Å²) in [4.78, 5) is 12.2. The number of amides is 1. The molecule has 1 amide bonds. The first-order valence-electron chi connectivity index (χ1n) is 15.2. The highest BCUT2D eigenvalue weighted by Crippen LogP contribution is 2.10. The molecule has 0 spiro atoms. The molecule has 0 saturated carbocycles. The summed E-state index contributed by atoms with van der Waals surface area (Å²) in [6, 6.07) is -0.639. The van der Waals surface area contributed by atoms with Crippen molar-refractivity contribution in [3.8, 4) is 0 Å². The van der Waals surface area contributed by atoms with Crippen molar-refractivity contribution in [3.63, 3.8) is 0 Å². The van der Waals surface area contributed by atoms with Gasteiger partial charge in [-0.3, -0.25) is 4.79 Å². The third-order valence-corrected chi connectivity index (χ3v) is 6.60. The summed E-state index contributed by atoms with van der Waals surface area (Å²) in [5.74, 6) is -0.0927. The van der Waals surface area contributed by atoms with E-state index in [1.165, 1.54) is 77.0 Å². The van der Waals surface area contributed by atoms with Gasteiger partial charge in [-0.15, -0.1) is 0 Å². The smallest absolute Gasteiger partial charge is 0.220 e. The Morgan fingerprint density at radius 3 is 1.69 bits per heavy atom. The van der Waals surface area contributed by atoms with Gasteiger partial charge in [-0.25, -0.2) is 0 Å². The molecule has 0 aliphatic rings. The second kappa shape index (κ2) is 28.2. The number of carbonyl (C=O) groups excluding carboxylic acids is 1. The molecule has 0 aromatic carbocycles. The minimum absolute atomic E-state index is 0.0927. The van der Waals surface area contributed by atoms with E-state index in [1.807, 2.05) is 6.08 Å². The van der Waals surface area contributed by atoms with Crippen molar-refractivity contribution in [2.75, 3.05) is 6.61 Å². The maximum absolute atomic E-state index is 12.2. The summed E-state index contributed by atoms with van der Waals surface area (Å²) < 4.78 is 0. The lowest BCUT2D eigenvalue weighted by Crippen LogP contribution is -2.45. The maximum atomic E-state index is 12.2. The Hall–Kier alpha value is -1.39. The van der Waals surface area contributed by atoms with Gasteiger partial charge in [0.1, 0.15) is 0 Å². The molecule has 0 heterocycles. The number of carbonyl (C=O) groups is 1. The summed E-state index contributed by atoms with van der Waals surface area (Å²) in [6.07, 6.45) is 35.0. The molecule has 0 rings (SSSR count). The minimum atomic E-state index is -0.861. The van der Waals surface area contributed by atoms with Crippen LogP contribution in [0.15, 0.2) is 36.5 Å². The molecule has 4 nitrogen and oxygen atoms in total. The average Bonchev–Trinajstić information content (AvgIpc) is 2.88. The lowest BCUT2D eigenvalue weighted by Gasteiger charge is -2.19. The third-order valence-electron chi connectivity index (χ3n) is 6.60. The van der Waals surface area contributed by atoms with E-state index >= 15 is 0 Å². The van der Waals surface area contributed by atoms with Crippen molar-refractivity contribution in [3.05, 3.63) is 36.5 Å². The van der Waals surface area contributed by atoms with Crippen LogP contribution < -0.4 is 5.32 Å². The standard InChI is InChI=1S/C32H59NO3/c1-3-5-7-9-11-13-15-16-17-18-19-21-23-25-27-31(35)30(29-34)33-32(36)28-26-24-22-20-14-12-10-8-6-4-2/h10,12,18-19,25,27,30-31,34-35H,3-9,11,13-17,20-24,26,28-29H2,1-2H3,(H,33,36)/b12-10-,19-18+,27-25+. The summed E-state index contributed by atoms with van der Waals surface area (Å²) in [6.45, 7) is 4.21. The van der Waals surface area contributed by atoms with Gasteiger partial charge >= 0.3 is 0 Å². The average molecular weight is 506 g/mol. The quantitative estimate of drug-likeness (QED) is 0.0817. The van der Waals surface area contributed by atoms with Crippen LogP contribution in [0.1, 0.15) is 142 Å². The Bertz CT molecular complexity index is 556. The van der Waals surface area contributed by atoms with Crippen molar-refractivity contribution < 1.29 is 15.0 Å². The molecular weight excluding hydrogens is 446 g/mol. The summed E-state index contributed by atoms with van der Waals surface area (Å²) in [7, 11) is 0. The zero-order valence-electron chi connectivity index (χ0n) is 23.8. The fourth-order valence-corrected chi connectivity index (χ4v) is 4.17. The number of unbranched alkanes of at least 4 members (excludes halogenated alkanes) is 15. The minimum Gasteiger partial charge on any atom is -0.394 e. The number of aliphatic hydroxyl groups excluding tert-OH is 2. The van der Waals surface area contributed by atoms with Crippen LogP contribution in [0.2, 0.25) is 0 Å². The highest BCUT2D eigenvalue weighted by molar-refractivity contribution is 5.76. The molecule has 0 aromatic heterocycles. The second-order valence-corrected chi connectivity index (χ2v) is 10.2. The molecule has 0 bridgehead atoms. The SMILES string of the molecule is CCCC/C=C\CCCCCCC(=O)NC(CO)C(O)/C=C/CC/C=C/CCCCCCCCCC. The summed E-state index contributed by atoms with van der Waals surface area (Å²) in [5, 5.41) is 22.7. The number of rotatable bonds is 26. The van der Waals surface area contributed by atoms with Gasteiger partial charge in [0.2, 0.25) is 5.91 Å². The van der Waals surface area contributed by atoms with Crippen molar-refractivity contribution in [1.82, 2.24) is 5.32 Å². The van der Waals surface area contributed by atoms with E-state index in [4.69, 9.17) is 0 Å². The van der Waals surface area contributed by atoms with Crippen LogP contribution in [0.3, 0.4) is 0 Å². The lowest BCUT2D eigenvalue weighted by molar-refractivity contribution is -0.123. The van der Waals surface area contributed by atoms with Crippen LogP contribution in [0.5, 0.6) is 0 Å². The zero-order chi connectivity index (χ0) is 26.5. The van der Waals surface area contributed by atoms with E-state index in [0.717, 1.165) is 44.9 Å². The van der Waals surface area contributed by atoms with Gasteiger partial charge in [-0.05, 0) is 51.4 Å². The van der Waals surface area contributed by atoms with E-state index in [2.05, 4.69) is 43.5 Å². The highest BCUT2D eigenvalue weighted by atomic mass is 16.3. The van der Waals surface area contributed by atoms with Gasteiger partial charge in [0.15, 0.2) is 0 Å². The van der Waals surface area contributed by atoms with Crippen molar-refractivity contribution in [2.24, 2.45) is 0 Å². The summed E-state index contributed by atoms with van der Waals surface area (Å²) in [5.41, 5.74) is 0. The van der Waals surface area contributed by atoms with Crippen LogP contribution >= 0.6 is 0 Å². The number of nitrogens with one attached hydrogen (secondary N) is 1. The molecule has 0 saturated heterocycles. The first-order chi connectivity index (χ1) is 17.7. The number of aliphatic hydroxyl groups is 2. The fourth-order valence-electron chi connectivity index (χ4n) is 4.17. The Kier molecular flexibility index (Phi) is 27.1. The lowest BCUT2D eigenvalue weighted by atomic mass is 10.1. The third kappa shape index (κ3) is 24.3. The number of hydrogen-bond acceptors (Lipinski definition) is 3. The van der Waals surface area contributed by atoms with Crippen LogP contribution in [0.25, 0.3) is 0 Å². The van der Waals surface area contributed by atoms with E-state index in [9.17, 15) is 15.0 Å². The van der Waals surface area contributed by atoms with E-state index in [0.29, 0.717) is 6.42 Å². The van der Waals surface area contributed by atoms with E-state index < -0.39 is 12.1 Å². The van der Waals surface area contributed by atoms with Crippen LogP contribution in [0, 0.1) is 0 Å². The zero-order valence-corrected chi connectivity index (χ0v) is 23.8. The number of allylic oxidation sites excluding steroid dienone is 5. The first-order valence-corrected chi connectivity index (χ1v) is 15.2. The van der Waals surface area contributed by atoms with E-state index in [1.54, 1.807) is 6.08 Å². The molecule has 36 heavy (non-hydrogen) atoms. The molecule has 0 aliphatic heterocycles. The summed E-state index contributed by atoms with van der Waals surface area (Å²) >= 11 is 0. The van der Waals surface area contributed by atoms with Gasteiger partial charge in [0.05, 0.1) is 18.8 Å². The van der Waals surface area contributed by atoms with Gasteiger partial charge in [0, 0.05) is 6.42 Å². The molecule has 210 valence electrons. The molecule has 0 aromatic rings. The molecular formula is C32H59NO3. The van der Waals surface area contributed by atoms with Gasteiger partial charge < -0.3 is 15.5 Å². The Labute approximate surface area is 223 Å². The van der Waals surface area contributed by atoms with Crippen molar-refractivity contribution in [1.29, 1.82) is 0 Å². The van der Waals surface area contributed by atoms with Gasteiger partial charge in [-0.1, -0.05) is 121 Å². The fraction of sp³-hybridized carbons (Fsp3) is 0.781. The number of hydrogen-bond donors (Lipinski definition) is 3. The predicted molar refractivity (Wildman–Crippen MR) is 156 cm³/mol. The second-order valence-electron chi connectivity index (χ2n) is 10.2. The van der Waals surface area contributed by atoms with Gasteiger partial charge in [-0.2, -0.15) is 0 Å². The largest absolute Gasteiger partial charge is 0.394 e. The molecule has 2 atom stereocenters. The van der Waals surface area contributed by atoms with Crippen LogP contribution in [0.4, 0.5) is 0 Å². The maximum Gasteiger partial charge on any atom is 0.220 e. The molecule has 3 N–H and O–H groups in total. The Morgan fingerprint density at radius 2 is 1.11 bits per heavy atom. The monoisotopic (exact) mass is 505 g/mol. The van der Waals surface area contributed by atoms with Crippen molar-refractivity contribution in [2.45, 2.75) is 154 Å². The topological polar surface area (TPSA) is 69.6 Å². The van der Waals surface area contributed by atoms with Crippen LogP contribution in [-0.2, 0) is 4.79 Å². The van der Waals surface area contributed by atoms with E-state index in [-0.39, 0.29) is 12.5 Å². The van der Waals surface area contributed by atoms with Crippen molar-refractivity contribution >= 4 is 5.91 Å². The Balaban J connectivity index is 3.78. The Morgan fingerprint density at radius 1 is 0.639 bits per heavy atom.